The Morgan fingerprint density at radius 3 is 3.00 bits per heavy atom. The lowest BCUT2D eigenvalue weighted by Gasteiger charge is -2.29. The zero-order chi connectivity index (χ0) is 15.6. The first-order valence-electron chi connectivity index (χ1n) is 8.23. The van der Waals surface area contributed by atoms with Crippen LogP contribution < -0.4 is 5.32 Å². The fourth-order valence-electron chi connectivity index (χ4n) is 3.67. The molecule has 1 N–H and O–H groups in total. The summed E-state index contributed by atoms with van der Waals surface area (Å²) in [6.07, 6.45) is 10.4. The number of piperidine rings is 1. The number of amides is 1. The molecule has 1 saturated carbocycles. The van der Waals surface area contributed by atoms with E-state index in [1.54, 1.807) is 6.20 Å². The van der Waals surface area contributed by atoms with Crippen molar-refractivity contribution in [3.05, 3.63) is 30.9 Å². The first-order valence-corrected chi connectivity index (χ1v) is 8.23. The van der Waals surface area contributed by atoms with Crippen LogP contribution in [0.15, 0.2) is 25.0 Å². The van der Waals surface area contributed by atoms with E-state index in [9.17, 15) is 4.79 Å². The van der Waals surface area contributed by atoms with E-state index in [-0.39, 0.29) is 5.91 Å². The van der Waals surface area contributed by atoms with E-state index in [4.69, 9.17) is 0 Å². The van der Waals surface area contributed by atoms with Gasteiger partial charge in [-0.3, -0.25) is 4.79 Å². The van der Waals surface area contributed by atoms with E-state index in [2.05, 4.69) is 21.8 Å². The van der Waals surface area contributed by atoms with Gasteiger partial charge in [-0.25, -0.2) is 4.98 Å². The number of carbonyl (C=O) groups excluding carboxylic acids is 1. The SMILES string of the molecule is C=CCCC(=O)N(Cc1nccn1C)C1CC12CCNCC2. The van der Waals surface area contributed by atoms with Gasteiger partial charge in [0.15, 0.2) is 0 Å². The molecule has 2 aliphatic rings. The number of aryl methyl sites for hydroxylation is 1. The maximum absolute atomic E-state index is 12.7. The largest absolute Gasteiger partial charge is 0.337 e. The van der Waals surface area contributed by atoms with Gasteiger partial charge in [-0.2, -0.15) is 0 Å². The van der Waals surface area contributed by atoms with Gasteiger partial charge in [0.25, 0.3) is 0 Å². The summed E-state index contributed by atoms with van der Waals surface area (Å²) < 4.78 is 2.01. The number of hydrogen-bond donors (Lipinski definition) is 1. The Bertz CT molecular complexity index is 545. The minimum atomic E-state index is 0.239. The normalized spacial score (nSPS) is 22.5. The highest BCUT2D eigenvalue weighted by atomic mass is 16.2. The topological polar surface area (TPSA) is 50.2 Å². The summed E-state index contributed by atoms with van der Waals surface area (Å²) in [7, 11) is 1.99. The van der Waals surface area contributed by atoms with Crippen LogP contribution in [0, 0.1) is 5.41 Å². The highest BCUT2D eigenvalue weighted by molar-refractivity contribution is 5.77. The van der Waals surface area contributed by atoms with Gasteiger partial charge in [0, 0.05) is 31.9 Å². The van der Waals surface area contributed by atoms with Gasteiger partial charge in [-0.1, -0.05) is 6.08 Å². The van der Waals surface area contributed by atoms with Gasteiger partial charge >= 0.3 is 0 Å². The smallest absolute Gasteiger partial charge is 0.223 e. The number of aromatic nitrogens is 2. The second kappa shape index (κ2) is 6.24. The van der Waals surface area contributed by atoms with Gasteiger partial charge in [0.2, 0.25) is 5.91 Å². The summed E-state index contributed by atoms with van der Waals surface area (Å²) in [5.41, 5.74) is 0.361. The highest BCUT2D eigenvalue weighted by Crippen LogP contribution is 2.56. The summed E-state index contributed by atoms with van der Waals surface area (Å²) in [5, 5.41) is 3.42. The molecule has 0 radical (unpaired) electrons. The van der Waals surface area contributed by atoms with Crippen molar-refractivity contribution in [2.45, 2.75) is 44.7 Å². The number of nitrogens with one attached hydrogen (secondary N) is 1. The second-order valence-corrected chi connectivity index (χ2v) is 6.64. The predicted octanol–water partition coefficient (Wildman–Crippen LogP) is 1.86. The number of rotatable bonds is 6. The van der Waals surface area contributed by atoms with Gasteiger partial charge in [-0.15, -0.1) is 6.58 Å². The molecule has 2 heterocycles. The van der Waals surface area contributed by atoms with Crippen molar-refractivity contribution >= 4 is 5.91 Å². The summed E-state index contributed by atoms with van der Waals surface area (Å²) in [6.45, 7) is 6.51. The molecule has 0 bridgehead atoms. The van der Waals surface area contributed by atoms with E-state index in [1.807, 2.05) is 23.9 Å². The molecule has 22 heavy (non-hydrogen) atoms. The maximum Gasteiger partial charge on any atom is 0.223 e. The zero-order valence-corrected chi connectivity index (χ0v) is 13.4. The molecule has 1 aromatic heterocycles. The van der Waals surface area contributed by atoms with Crippen LogP contribution in [0.2, 0.25) is 0 Å². The molecule has 1 amide bonds. The second-order valence-electron chi connectivity index (χ2n) is 6.64. The third-order valence-electron chi connectivity index (χ3n) is 5.24. The molecule has 1 spiro atoms. The summed E-state index contributed by atoms with van der Waals surface area (Å²) in [6, 6.07) is 0.392. The molecule has 5 nitrogen and oxygen atoms in total. The fourth-order valence-corrected chi connectivity index (χ4v) is 3.67. The third-order valence-corrected chi connectivity index (χ3v) is 5.24. The number of nitrogens with zero attached hydrogens (tertiary/aromatic N) is 3. The van der Waals surface area contributed by atoms with Crippen LogP contribution >= 0.6 is 0 Å². The van der Waals surface area contributed by atoms with Gasteiger partial charge in [-0.05, 0) is 44.2 Å². The van der Waals surface area contributed by atoms with Crippen LogP contribution in [0.1, 0.15) is 37.9 Å². The molecular formula is C17H26N4O. The lowest BCUT2D eigenvalue weighted by Crippen LogP contribution is -2.39. The Labute approximate surface area is 132 Å². The number of allylic oxidation sites excluding steroid dienone is 1. The van der Waals surface area contributed by atoms with E-state index in [0.717, 1.165) is 31.8 Å². The molecule has 120 valence electrons. The molecule has 1 unspecified atom stereocenters. The molecule has 1 aliphatic carbocycles. The Balaban J connectivity index is 1.73. The van der Waals surface area contributed by atoms with Crippen molar-refractivity contribution in [1.82, 2.24) is 19.8 Å². The maximum atomic E-state index is 12.7. The van der Waals surface area contributed by atoms with Crippen molar-refractivity contribution in [2.75, 3.05) is 13.1 Å². The molecule has 5 heteroatoms. The highest BCUT2D eigenvalue weighted by Gasteiger charge is 2.57. The minimum Gasteiger partial charge on any atom is -0.337 e. The van der Waals surface area contributed by atoms with Gasteiger partial charge < -0.3 is 14.8 Å². The average Bonchev–Trinajstić information content (AvgIpc) is 3.03. The van der Waals surface area contributed by atoms with E-state index >= 15 is 0 Å². The van der Waals surface area contributed by atoms with E-state index in [0.29, 0.717) is 24.4 Å². The van der Waals surface area contributed by atoms with E-state index < -0.39 is 0 Å². The molecule has 1 aromatic rings. The van der Waals surface area contributed by atoms with Crippen molar-refractivity contribution in [3.8, 4) is 0 Å². The van der Waals surface area contributed by atoms with Crippen LogP contribution in [0.3, 0.4) is 0 Å². The monoisotopic (exact) mass is 302 g/mol. The minimum absolute atomic E-state index is 0.239. The van der Waals surface area contributed by atoms with Crippen molar-refractivity contribution in [3.63, 3.8) is 0 Å². The Kier molecular flexibility index (Phi) is 4.34. The number of carbonyl (C=O) groups is 1. The summed E-state index contributed by atoms with van der Waals surface area (Å²) in [5.74, 6) is 1.20. The van der Waals surface area contributed by atoms with Crippen molar-refractivity contribution < 1.29 is 4.79 Å². The van der Waals surface area contributed by atoms with Gasteiger partial charge in [0.05, 0.1) is 6.54 Å². The van der Waals surface area contributed by atoms with Crippen LogP contribution in [0.4, 0.5) is 0 Å². The molecule has 1 atom stereocenters. The van der Waals surface area contributed by atoms with E-state index in [1.165, 1.54) is 12.8 Å². The van der Waals surface area contributed by atoms with Crippen LogP contribution in [0.5, 0.6) is 0 Å². The first-order chi connectivity index (χ1) is 10.7. The standard InChI is InChI=1S/C17H26N4O/c1-3-4-5-16(22)21(13-15-19-10-11-20(15)2)14-12-17(14)6-8-18-9-7-17/h3,10-11,14,18H,1,4-9,12-13H2,2H3. The predicted molar refractivity (Wildman–Crippen MR) is 86.1 cm³/mol. The number of imidazole rings is 1. The molecular weight excluding hydrogens is 276 g/mol. The lowest BCUT2D eigenvalue weighted by molar-refractivity contribution is -0.133. The fraction of sp³-hybridized carbons (Fsp3) is 0.647. The summed E-state index contributed by atoms with van der Waals surface area (Å²) >= 11 is 0. The molecule has 0 aromatic carbocycles. The average molecular weight is 302 g/mol. The van der Waals surface area contributed by atoms with Gasteiger partial charge in [0.1, 0.15) is 5.82 Å². The Hall–Kier alpha value is -1.62. The third kappa shape index (κ3) is 2.95. The Morgan fingerprint density at radius 1 is 1.59 bits per heavy atom. The van der Waals surface area contributed by atoms with Crippen molar-refractivity contribution in [2.24, 2.45) is 12.5 Å². The molecule has 3 rings (SSSR count). The van der Waals surface area contributed by atoms with Crippen LogP contribution in [-0.2, 0) is 18.4 Å². The summed E-state index contributed by atoms with van der Waals surface area (Å²) in [4.78, 5) is 19.2. The van der Waals surface area contributed by atoms with Crippen LogP contribution in [0.25, 0.3) is 0 Å². The first kappa shape index (κ1) is 15.3. The lowest BCUT2D eigenvalue weighted by atomic mass is 9.93. The number of hydrogen-bond acceptors (Lipinski definition) is 3. The Morgan fingerprint density at radius 2 is 2.36 bits per heavy atom. The molecule has 2 fully saturated rings. The molecule has 1 saturated heterocycles. The molecule has 1 aliphatic heterocycles. The van der Waals surface area contributed by atoms with Crippen molar-refractivity contribution in [1.29, 1.82) is 0 Å². The van der Waals surface area contributed by atoms with Crippen LogP contribution in [-0.4, -0.2) is 39.5 Å². The zero-order valence-electron chi connectivity index (χ0n) is 13.4. The quantitative estimate of drug-likeness (QED) is 0.816.